The molecule has 1 aliphatic rings. The molecular weight excluding hydrogens is 985 g/mol. The molecule has 0 aliphatic carbocycles. The van der Waals surface area contributed by atoms with Crippen molar-refractivity contribution in [1.82, 2.24) is 34.6 Å². The molecule has 1 atom stereocenters. The van der Waals surface area contributed by atoms with E-state index in [1.165, 1.54) is 49.0 Å². The van der Waals surface area contributed by atoms with E-state index in [2.05, 4.69) is 31.8 Å². The summed E-state index contributed by atoms with van der Waals surface area (Å²) >= 11 is 1.21. The topological polar surface area (TPSA) is 168 Å². The predicted octanol–water partition coefficient (Wildman–Crippen LogP) is 9.71. The van der Waals surface area contributed by atoms with Gasteiger partial charge in [-0.2, -0.15) is 0 Å². The maximum atomic E-state index is 16.0. The number of aromatic nitrogens is 4. The lowest BCUT2D eigenvalue weighted by Gasteiger charge is -2.34. The van der Waals surface area contributed by atoms with Crippen LogP contribution in [0.1, 0.15) is 54.9 Å². The summed E-state index contributed by atoms with van der Waals surface area (Å²) in [5.41, 5.74) is 2.64. The van der Waals surface area contributed by atoms with E-state index < -0.39 is 35.4 Å². The molecule has 0 spiro atoms. The number of methoxy groups -OCH3 is 2. The Bertz CT molecular complexity index is 3140. The van der Waals surface area contributed by atoms with E-state index in [1.807, 2.05) is 57.2 Å². The van der Waals surface area contributed by atoms with Crippen molar-refractivity contribution >= 4 is 39.9 Å². The number of thiophene rings is 1. The number of fused-ring (bicyclic) bond motifs is 1. The molecule has 16 nitrogen and oxygen atoms in total. The molecule has 392 valence electrons. The largest absolute Gasteiger partial charge is 0.496 e. The quantitative estimate of drug-likeness (QED) is 0.0522. The lowest BCUT2D eigenvalue weighted by Crippen LogP contribution is -2.48. The number of hydrogen-bond acceptors (Lipinski definition) is 16. The van der Waals surface area contributed by atoms with Crippen LogP contribution in [-0.2, 0) is 33.8 Å². The van der Waals surface area contributed by atoms with Crippen LogP contribution in [0.15, 0.2) is 97.5 Å². The number of nitrogens with zero attached hydrogens (tertiary/aromatic N) is 7. The van der Waals surface area contributed by atoms with Gasteiger partial charge in [-0.05, 0) is 100.0 Å². The number of ether oxygens (including phenoxy) is 6. The number of carbonyl (C=O) groups excluding carboxylic acids is 3. The van der Waals surface area contributed by atoms with Crippen LogP contribution in [0.25, 0.3) is 43.2 Å². The Morgan fingerprint density at radius 1 is 0.893 bits per heavy atom. The van der Waals surface area contributed by atoms with Crippen molar-refractivity contribution in [3.63, 3.8) is 0 Å². The summed E-state index contributed by atoms with van der Waals surface area (Å²) in [5, 5.41) is 0.292. The van der Waals surface area contributed by atoms with E-state index in [-0.39, 0.29) is 48.9 Å². The van der Waals surface area contributed by atoms with Gasteiger partial charge in [0.25, 0.3) is 0 Å². The summed E-state index contributed by atoms with van der Waals surface area (Å²) in [7, 11) is 4.95. The minimum Gasteiger partial charge on any atom is -0.496 e. The predicted molar refractivity (Wildman–Crippen MR) is 280 cm³/mol. The summed E-state index contributed by atoms with van der Waals surface area (Å²) in [6.45, 7) is 11.9. The van der Waals surface area contributed by atoms with Gasteiger partial charge in [-0.25, -0.2) is 38.3 Å². The van der Waals surface area contributed by atoms with Gasteiger partial charge in [-0.3, -0.25) is 9.69 Å². The third-order valence-corrected chi connectivity index (χ3v) is 13.5. The smallest absolute Gasteiger partial charge is 0.410 e. The van der Waals surface area contributed by atoms with E-state index in [0.717, 1.165) is 26.2 Å². The summed E-state index contributed by atoms with van der Waals surface area (Å²) in [6, 6.07) is 23.3. The average Bonchev–Trinajstić information content (AvgIpc) is 3.81. The van der Waals surface area contributed by atoms with Crippen molar-refractivity contribution in [2.24, 2.45) is 0 Å². The Labute approximate surface area is 438 Å². The Kier molecular flexibility index (Phi) is 17.3. The van der Waals surface area contributed by atoms with Gasteiger partial charge in [0.1, 0.15) is 40.7 Å². The number of carbonyl (C=O) groups is 3. The van der Waals surface area contributed by atoms with Crippen molar-refractivity contribution in [1.29, 1.82) is 0 Å². The van der Waals surface area contributed by atoms with Crippen LogP contribution in [-0.4, -0.2) is 132 Å². The van der Waals surface area contributed by atoms with E-state index in [9.17, 15) is 18.8 Å². The molecule has 0 N–H and O–H groups in total. The fourth-order valence-electron chi connectivity index (χ4n) is 8.59. The Balaban J connectivity index is 1.20. The maximum absolute atomic E-state index is 16.0. The second-order valence-electron chi connectivity index (χ2n) is 18.8. The van der Waals surface area contributed by atoms with Gasteiger partial charge in [0, 0.05) is 74.4 Å². The fourth-order valence-corrected chi connectivity index (χ4v) is 9.75. The van der Waals surface area contributed by atoms with Gasteiger partial charge in [-0.1, -0.05) is 36.4 Å². The summed E-state index contributed by atoms with van der Waals surface area (Å²) in [5.74, 6) is -0.955. The third kappa shape index (κ3) is 13.0. The Morgan fingerprint density at radius 2 is 1.67 bits per heavy atom. The molecule has 4 heterocycles. The number of likely N-dealkylation sites (N-methyl/N-ethyl adjacent to an activating group) is 1. The molecule has 0 saturated carbocycles. The molecule has 0 bridgehead atoms. The minimum atomic E-state index is -1.38. The van der Waals surface area contributed by atoms with E-state index in [4.69, 9.17) is 33.4 Å². The molecule has 4 aromatic carbocycles. The molecule has 1 amide bonds. The molecule has 0 unspecified atom stereocenters. The van der Waals surface area contributed by atoms with Gasteiger partial charge in [-0.15, -0.1) is 11.3 Å². The van der Waals surface area contributed by atoms with Crippen molar-refractivity contribution < 1.29 is 51.6 Å². The van der Waals surface area contributed by atoms with Crippen LogP contribution in [0.5, 0.6) is 23.1 Å². The average molecular weight is 1040 g/mol. The maximum Gasteiger partial charge on any atom is 0.410 e. The van der Waals surface area contributed by atoms with Gasteiger partial charge in [0.2, 0.25) is 12.0 Å². The molecule has 1 saturated heterocycles. The molecule has 1 fully saturated rings. The van der Waals surface area contributed by atoms with Gasteiger partial charge < -0.3 is 38.2 Å². The monoisotopic (exact) mass is 1040 g/mol. The van der Waals surface area contributed by atoms with Gasteiger partial charge >= 0.3 is 12.1 Å². The highest BCUT2D eigenvalue weighted by Gasteiger charge is 2.31. The highest BCUT2D eigenvalue weighted by molar-refractivity contribution is 7.22. The number of aldehydes is 1. The van der Waals surface area contributed by atoms with Crippen LogP contribution in [0.4, 0.5) is 13.6 Å². The van der Waals surface area contributed by atoms with Crippen LogP contribution in [0.2, 0.25) is 0 Å². The molecule has 1 aliphatic heterocycles. The van der Waals surface area contributed by atoms with Gasteiger partial charge in [0.05, 0.1) is 43.0 Å². The van der Waals surface area contributed by atoms with E-state index in [1.54, 1.807) is 49.4 Å². The number of benzene rings is 4. The number of esters is 1. The lowest BCUT2D eigenvalue weighted by molar-refractivity contribution is -0.151. The van der Waals surface area contributed by atoms with Crippen molar-refractivity contribution in [2.75, 3.05) is 67.1 Å². The number of rotatable bonds is 20. The molecule has 7 aromatic rings. The van der Waals surface area contributed by atoms with E-state index >= 15 is 4.39 Å². The van der Waals surface area contributed by atoms with Crippen LogP contribution in [0, 0.1) is 11.6 Å². The zero-order valence-corrected chi connectivity index (χ0v) is 43.7. The number of hydrogen-bond donors (Lipinski definition) is 0. The number of para-hydroxylation sites is 1. The number of piperazine rings is 1. The summed E-state index contributed by atoms with van der Waals surface area (Å²) in [6.07, 6.45) is 1.32. The molecule has 3 aromatic heterocycles. The van der Waals surface area contributed by atoms with Gasteiger partial charge in [0.15, 0.2) is 23.7 Å². The van der Waals surface area contributed by atoms with Crippen LogP contribution < -0.4 is 18.9 Å². The first-order chi connectivity index (χ1) is 36.2. The van der Waals surface area contributed by atoms with Crippen LogP contribution in [0.3, 0.4) is 0 Å². The third-order valence-electron chi connectivity index (χ3n) is 12.4. The molecule has 19 heteroatoms. The molecule has 75 heavy (non-hydrogen) atoms. The number of halogens is 2. The standard InChI is InChI=1S/C56H59F2N7O9S/c1-8-71-54(67)45(73-52-47-46(42-19-16-37(32-66)48(58)49(42)70-7)50(75-53(47)61-34-60-52)36-14-17-39(57)18-15-36)30-38-29-35(31-65(55(68)74-56(2,3)4)28-27-64-25-23-63(5)24-26-64)13-20-43(38)72-33-40-21-22-59-51(62-40)41-11-9-10-12-44(41)69-6/h9-22,29,32,34,45H,8,23-28,30-31,33H2,1-7H3/t45-/m1/s1. The molecular formula is C56H59F2N7O9S. The zero-order valence-electron chi connectivity index (χ0n) is 42.9. The van der Waals surface area contributed by atoms with E-state index in [0.29, 0.717) is 85.3 Å². The highest BCUT2D eigenvalue weighted by atomic mass is 32.1. The first kappa shape index (κ1) is 53.7. The lowest BCUT2D eigenvalue weighted by atomic mass is 9.97. The van der Waals surface area contributed by atoms with Crippen LogP contribution >= 0.6 is 11.3 Å². The Hall–Kier alpha value is -7.61. The zero-order chi connectivity index (χ0) is 53.2. The summed E-state index contributed by atoms with van der Waals surface area (Å²) < 4.78 is 66.4. The molecule has 8 rings (SSSR count). The normalized spacial score (nSPS) is 13.5. The first-order valence-corrected chi connectivity index (χ1v) is 25.3. The second kappa shape index (κ2) is 24.2. The van der Waals surface area contributed by atoms with Crippen molar-refractivity contribution in [3.05, 3.63) is 131 Å². The van der Waals surface area contributed by atoms with Crippen molar-refractivity contribution in [3.8, 4) is 56.1 Å². The fraction of sp³-hybridized carbons (Fsp3) is 0.339. The number of amides is 1. The minimum absolute atomic E-state index is 0.00471. The Morgan fingerprint density at radius 3 is 2.39 bits per heavy atom. The SMILES string of the molecule is CCOC(=O)[C@@H](Cc1cc(CN(CCN2CCN(C)CC2)C(=O)OC(C)(C)C)ccc1OCc1ccnc(-c2ccccc2OC)n1)Oc1ncnc2sc(-c3ccc(F)cc3)c(-c3ccc(C=O)c(F)c3OC)c12. The molecule has 0 radical (unpaired) electrons. The summed E-state index contributed by atoms with van der Waals surface area (Å²) in [4.78, 5) is 65.7. The first-order valence-electron chi connectivity index (χ1n) is 24.4. The second-order valence-corrected chi connectivity index (χ2v) is 19.8. The van der Waals surface area contributed by atoms with Crippen molar-refractivity contribution in [2.45, 2.75) is 59.0 Å². The highest BCUT2D eigenvalue weighted by Crippen LogP contribution is 2.50.